The number of rotatable bonds is 12. The number of hydrogen-bond acceptors (Lipinski definition) is 12. The van der Waals surface area contributed by atoms with Crippen molar-refractivity contribution in [3.63, 3.8) is 0 Å². The monoisotopic (exact) mass is 987 g/mol. The minimum absolute atomic E-state index is 0.00963. The number of benzene rings is 5. The molecule has 0 radical (unpaired) electrons. The molecule has 5 aromatic carbocycles. The Morgan fingerprint density at radius 3 is 2.25 bits per heavy atom. The largest absolute Gasteiger partial charge is 0.489 e. The molecule has 0 bridgehead atoms. The highest BCUT2D eigenvalue weighted by Gasteiger charge is 2.39. The van der Waals surface area contributed by atoms with Crippen LogP contribution < -0.4 is 24.8 Å². The summed E-state index contributed by atoms with van der Waals surface area (Å²) < 4.78 is 29.3. The molecule has 354 valence electrons. The van der Waals surface area contributed by atoms with E-state index < -0.39 is 47.7 Å². The van der Waals surface area contributed by atoms with Crippen molar-refractivity contribution in [3.8, 4) is 34.4 Å². The van der Waals surface area contributed by atoms with Crippen LogP contribution in [0, 0.1) is 18.3 Å². The van der Waals surface area contributed by atoms with Crippen LogP contribution in [0.3, 0.4) is 0 Å². The number of amides is 3. The zero-order valence-electron chi connectivity index (χ0n) is 38.3. The number of nitrogens with zero attached hydrogens (tertiary/aromatic N) is 3. The van der Waals surface area contributed by atoms with Gasteiger partial charge in [0.25, 0.3) is 5.91 Å². The maximum absolute atomic E-state index is 14.7. The summed E-state index contributed by atoms with van der Waals surface area (Å²) in [5.41, 5.74) is 5.90. The average Bonchev–Trinajstić information content (AvgIpc) is 3.70. The molecule has 0 spiro atoms. The third kappa shape index (κ3) is 11.6. The van der Waals surface area contributed by atoms with E-state index in [4.69, 9.17) is 46.9 Å². The molecule has 6 aromatic rings. The van der Waals surface area contributed by atoms with Gasteiger partial charge in [-0.3, -0.25) is 14.9 Å². The number of nitrogens with one attached hydrogen (secondary N) is 2. The number of carbonyl (C=O) groups is 4. The van der Waals surface area contributed by atoms with Gasteiger partial charge >= 0.3 is 12.1 Å². The Bertz CT molecular complexity index is 2950. The molecular formula is C52H47Cl2N5O9S. The van der Waals surface area contributed by atoms with Crippen molar-refractivity contribution in [2.24, 2.45) is 0 Å². The highest BCUT2D eigenvalue weighted by Crippen LogP contribution is 2.42. The van der Waals surface area contributed by atoms with Crippen molar-refractivity contribution < 1.29 is 42.9 Å². The summed E-state index contributed by atoms with van der Waals surface area (Å²) in [6.07, 6.45) is -1.01. The maximum atomic E-state index is 14.7. The zero-order chi connectivity index (χ0) is 49.0. The number of anilines is 1. The second-order valence-corrected chi connectivity index (χ2v) is 19.3. The number of hydrogen-bond donors (Lipinski definition) is 2. The summed E-state index contributed by atoms with van der Waals surface area (Å²) in [5.74, 6) is -0.143. The molecule has 0 saturated heterocycles. The number of fused-ring (bicyclic) bond motifs is 2. The van der Waals surface area contributed by atoms with E-state index in [-0.39, 0.29) is 36.0 Å². The Balaban J connectivity index is 1.03. The number of thiazole rings is 1. The molecule has 0 saturated carbocycles. The highest BCUT2D eigenvalue weighted by atomic mass is 35.5. The summed E-state index contributed by atoms with van der Waals surface area (Å²) in [4.78, 5) is 61.4. The third-order valence-corrected chi connectivity index (χ3v) is 13.2. The number of nitriles is 1. The normalized spacial score (nSPS) is 15.5. The van der Waals surface area contributed by atoms with Crippen LogP contribution in [0.25, 0.3) is 11.1 Å². The number of halogens is 2. The van der Waals surface area contributed by atoms with Crippen molar-refractivity contribution in [2.75, 3.05) is 19.0 Å². The first-order chi connectivity index (χ1) is 33.0. The predicted molar refractivity (Wildman–Crippen MR) is 261 cm³/mol. The Kier molecular flexibility index (Phi) is 14.4. The summed E-state index contributed by atoms with van der Waals surface area (Å²) >= 11 is 13.2. The zero-order valence-corrected chi connectivity index (χ0v) is 40.6. The van der Waals surface area contributed by atoms with Gasteiger partial charge in [-0.2, -0.15) is 5.26 Å². The van der Waals surface area contributed by atoms with Gasteiger partial charge in [0.15, 0.2) is 22.7 Å². The van der Waals surface area contributed by atoms with Crippen molar-refractivity contribution in [2.45, 2.75) is 77.5 Å². The van der Waals surface area contributed by atoms with Crippen molar-refractivity contribution in [3.05, 3.63) is 157 Å². The molecular weight excluding hydrogens is 942 g/mol. The molecule has 3 atom stereocenters. The van der Waals surface area contributed by atoms with Crippen molar-refractivity contribution >= 4 is 63.5 Å². The van der Waals surface area contributed by atoms with Crippen LogP contribution in [0.5, 0.6) is 17.2 Å². The van der Waals surface area contributed by atoms with Crippen molar-refractivity contribution in [1.29, 1.82) is 5.26 Å². The fourth-order valence-electron chi connectivity index (χ4n) is 7.92. The number of aromatic nitrogens is 1. The molecule has 2 N–H and O–H groups in total. The predicted octanol–water partition coefficient (Wildman–Crippen LogP) is 10.2. The first kappa shape index (κ1) is 48.3. The van der Waals surface area contributed by atoms with Crippen LogP contribution in [0.4, 0.5) is 9.93 Å². The standard InChI is InChI=1S/C52H47Cl2N5O9S/c1-29-46(69-50(56-29)58-51(63)68-52(2,3)4)48(61)59-26-37-24-44-43(66-28-45(67-44)35-15-17-38(18-16-35)65-27-32-10-19-39(53)40(54)20-32)23-36(37)22-42(59)47(60)57-41(49(62)64-5)21-30-6-11-33(12-7-30)34-13-8-31(25-55)9-14-34/h6-20,23-24,41-42,45H,21-22,26-28H2,1-5H3,(H,57,60)(H,56,58,63). The average molecular weight is 989 g/mol. The number of carbonyl (C=O) groups excluding carboxylic acids is 4. The molecule has 3 unspecified atom stereocenters. The molecule has 0 aliphatic carbocycles. The van der Waals surface area contributed by atoms with Gasteiger partial charge in [-0.15, -0.1) is 0 Å². The van der Waals surface area contributed by atoms with Gasteiger partial charge in [0.2, 0.25) is 5.91 Å². The SMILES string of the molecule is COC(=O)C(Cc1ccc(-c2ccc(C#N)cc2)cc1)NC(=O)C1Cc2cc3c(cc2CN1C(=O)c1sc(NC(=O)OC(C)(C)C)nc1C)OC(c1ccc(OCc2ccc(Cl)c(Cl)c2)cc1)CO3. The van der Waals surface area contributed by atoms with Crippen molar-refractivity contribution in [1.82, 2.24) is 15.2 Å². The number of aryl methyl sites for hydroxylation is 1. The third-order valence-electron chi connectivity index (χ3n) is 11.4. The Morgan fingerprint density at radius 1 is 0.899 bits per heavy atom. The summed E-state index contributed by atoms with van der Waals surface area (Å²) in [7, 11) is 1.25. The molecule has 14 nitrogen and oxygen atoms in total. The van der Waals surface area contributed by atoms with Crippen LogP contribution in [0.1, 0.15) is 75.6 Å². The second kappa shape index (κ2) is 20.6. The van der Waals surface area contributed by atoms with Gasteiger partial charge in [-0.1, -0.05) is 89.1 Å². The lowest BCUT2D eigenvalue weighted by Gasteiger charge is -2.37. The molecule has 8 rings (SSSR count). The Hall–Kier alpha value is -7.12. The molecule has 17 heteroatoms. The van der Waals surface area contributed by atoms with E-state index in [2.05, 4.69) is 21.7 Å². The minimum Gasteiger partial charge on any atom is -0.489 e. The molecule has 3 amide bonds. The highest BCUT2D eigenvalue weighted by molar-refractivity contribution is 7.17. The van der Waals surface area contributed by atoms with Crippen LogP contribution in [0.15, 0.2) is 103 Å². The van der Waals surface area contributed by atoms with Gasteiger partial charge in [-0.05, 0) is 115 Å². The number of ether oxygens (including phenoxy) is 5. The van der Waals surface area contributed by atoms with Gasteiger partial charge in [0, 0.05) is 19.4 Å². The maximum Gasteiger partial charge on any atom is 0.413 e. The second-order valence-electron chi connectivity index (χ2n) is 17.5. The summed E-state index contributed by atoms with van der Waals surface area (Å²) in [5, 5.41) is 15.8. The van der Waals surface area contributed by atoms with E-state index >= 15 is 0 Å². The Morgan fingerprint density at radius 2 is 1.58 bits per heavy atom. The van der Waals surface area contributed by atoms with E-state index in [1.54, 1.807) is 52.0 Å². The molecule has 0 fully saturated rings. The molecule has 1 aromatic heterocycles. The first-order valence-corrected chi connectivity index (χ1v) is 23.5. The van der Waals surface area contributed by atoms with E-state index in [1.165, 1.54) is 12.0 Å². The minimum atomic E-state index is -1.10. The van der Waals surface area contributed by atoms with E-state index in [0.29, 0.717) is 45.2 Å². The smallest absolute Gasteiger partial charge is 0.413 e. The summed E-state index contributed by atoms with van der Waals surface area (Å²) in [6, 6.07) is 31.2. The fraction of sp³-hybridized carbons (Fsp3) is 0.269. The quantitative estimate of drug-likeness (QED) is 0.112. The number of esters is 1. The lowest BCUT2D eigenvalue weighted by molar-refractivity contribution is -0.145. The van der Waals surface area contributed by atoms with E-state index in [1.807, 2.05) is 78.9 Å². The Labute approximate surface area is 413 Å². The van der Waals surface area contributed by atoms with Crippen LogP contribution >= 0.6 is 34.5 Å². The summed E-state index contributed by atoms with van der Waals surface area (Å²) in [6.45, 7) is 7.35. The first-order valence-electron chi connectivity index (χ1n) is 21.9. The topological polar surface area (TPSA) is 178 Å². The molecule has 2 aliphatic rings. The van der Waals surface area contributed by atoms with E-state index in [0.717, 1.165) is 50.3 Å². The molecule has 69 heavy (non-hydrogen) atoms. The van der Waals surface area contributed by atoms with E-state index in [9.17, 15) is 24.4 Å². The lowest BCUT2D eigenvalue weighted by atomic mass is 9.91. The van der Waals surface area contributed by atoms with Gasteiger partial charge in [0.1, 0.15) is 41.5 Å². The van der Waals surface area contributed by atoms with Gasteiger partial charge in [0.05, 0.1) is 34.5 Å². The number of methoxy groups -OCH3 is 1. The fourth-order valence-corrected chi connectivity index (χ4v) is 9.15. The van der Waals surface area contributed by atoms with Gasteiger partial charge in [-0.25, -0.2) is 14.6 Å². The molecule has 3 heterocycles. The van der Waals surface area contributed by atoms with Crippen LogP contribution in [0.2, 0.25) is 10.0 Å². The lowest BCUT2D eigenvalue weighted by Crippen LogP contribution is -2.56. The van der Waals surface area contributed by atoms with Crippen LogP contribution in [-0.4, -0.2) is 65.2 Å². The molecule has 2 aliphatic heterocycles. The van der Waals surface area contributed by atoms with Gasteiger partial charge < -0.3 is 33.9 Å². The van der Waals surface area contributed by atoms with Crippen LogP contribution in [-0.2, 0) is 45.1 Å².